The molecule has 0 aliphatic carbocycles. The number of benzene rings is 2. The van der Waals surface area contributed by atoms with E-state index in [0.717, 1.165) is 28.8 Å². The summed E-state index contributed by atoms with van der Waals surface area (Å²) in [5.74, 6) is -3.33. The zero-order chi connectivity index (χ0) is 21.6. The van der Waals surface area contributed by atoms with E-state index in [9.17, 15) is 23.2 Å². The number of halogens is 2. The van der Waals surface area contributed by atoms with E-state index in [0.29, 0.717) is 11.8 Å². The van der Waals surface area contributed by atoms with Crippen LogP contribution >= 0.6 is 0 Å². The molecule has 2 aromatic rings. The third kappa shape index (κ3) is 6.38. The number of hydrogen-bond donors (Lipinski definition) is 3. The SMILES string of the molecule is Cc1cc(C)c(NC(=O)CNC(=O)CCNC(=O)c2ccc(F)cc2F)c(C)c1. The topological polar surface area (TPSA) is 87.3 Å². The molecule has 8 heteroatoms. The van der Waals surface area contributed by atoms with E-state index in [-0.39, 0.29) is 31.0 Å². The molecular formula is C21H23F2N3O3. The smallest absolute Gasteiger partial charge is 0.254 e. The van der Waals surface area contributed by atoms with E-state index in [1.165, 1.54) is 0 Å². The van der Waals surface area contributed by atoms with Crippen molar-refractivity contribution in [1.82, 2.24) is 10.6 Å². The number of carbonyl (C=O) groups is 3. The molecule has 0 radical (unpaired) electrons. The summed E-state index contributed by atoms with van der Waals surface area (Å²) in [4.78, 5) is 35.8. The minimum absolute atomic E-state index is 0.0563. The predicted octanol–water partition coefficient (Wildman–Crippen LogP) is 2.76. The molecule has 0 aliphatic heterocycles. The lowest BCUT2D eigenvalue weighted by atomic mass is 10.1. The Morgan fingerprint density at radius 1 is 0.897 bits per heavy atom. The van der Waals surface area contributed by atoms with Gasteiger partial charge in [0.05, 0.1) is 12.1 Å². The first-order chi connectivity index (χ1) is 13.7. The van der Waals surface area contributed by atoms with Crippen LogP contribution in [-0.4, -0.2) is 30.8 Å². The molecule has 3 amide bonds. The average Bonchev–Trinajstić information content (AvgIpc) is 2.62. The van der Waals surface area contributed by atoms with Gasteiger partial charge >= 0.3 is 0 Å². The summed E-state index contributed by atoms with van der Waals surface area (Å²) >= 11 is 0. The molecule has 154 valence electrons. The van der Waals surface area contributed by atoms with Crippen LogP contribution < -0.4 is 16.0 Å². The second-order valence-corrected chi connectivity index (χ2v) is 6.73. The highest BCUT2D eigenvalue weighted by atomic mass is 19.1. The fourth-order valence-corrected chi connectivity index (χ4v) is 2.89. The van der Waals surface area contributed by atoms with Crippen molar-refractivity contribution in [2.75, 3.05) is 18.4 Å². The van der Waals surface area contributed by atoms with Crippen LogP contribution in [0.15, 0.2) is 30.3 Å². The van der Waals surface area contributed by atoms with Gasteiger partial charge in [0.15, 0.2) is 0 Å². The maximum absolute atomic E-state index is 13.5. The molecule has 0 atom stereocenters. The Bertz CT molecular complexity index is 922. The van der Waals surface area contributed by atoms with Crippen molar-refractivity contribution in [2.45, 2.75) is 27.2 Å². The summed E-state index contributed by atoms with van der Waals surface area (Å²) < 4.78 is 26.4. The lowest BCUT2D eigenvalue weighted by molar-refractivity contribution is -0.124. The molecular weight excluding hydrogens is 380 g/mol. The van der Waals surface area contributed by atoms with Gasteiger partial charge in [-0.3, -0.25) is 14.4 Å². The Hall–Kier alpha value is -3.29. The average molecular weight is 403 g/mol. The first-order valence-corrected chi connectivity index (χ1v) is 9.05. The summed E-state index contributed by atoms with van der Waals surface area (Å²) in [6.07, 6.45) is -0.0928. The molecule has 0 unspecified atom stereocenters. The summed E-state index contributed by atoms with van der Waals surface area (Å²) in [5, 5.41) is 7.61. The highest BCUT2D eigenvalue weighted by Gasteiger charge is 2.13. The van der Waals surface area contributed by atoms with Gasteiger partial charge in [-0.05, 0) is 44.0 Å². The highest BCUT2D eigenvalue weighted by Crippen LogP contribution is 2.21. The van der Waals surface area contributed by atoms with Gasteiger partial charge in [0.2, 0.25) is 11.8 Å². The fourth-order valence-electron chi connectivity index (χ4n) is 2.89. The van der Waals surface area contributed by atoms with Crippen molar-refractivity contribution in [3.8, 4) is 0 Å². The largest absolute Gasteiger partial charge is 0.351 e. The van der Waals surface area contributed by atoms with Crippen LogP contribution in [0.3, 0.4) is 0 Å². The lowest BCUT2D eigenvalue weighted by Crippen LogP contribution is -2.35. The number of aryl methyl sites for hydroxylation is 3. The molecule has 0 aliphatic rings. The monoisotopic (exact) mass is 403 g/mol. The molecule has 0 spiro atoms. The molecule has 0 fully saturated rings. The van der Waals surface area contributed by atoms with Gasteiger partial charge in [-0.25, -0.2) is 8.78 Å². The number of anilines is 1. The molecule has 3 N–H and O–H groups in total. The van der Waals surface area contributed by atoms with E-state index >= 15 is 0 Å². The first-order valence-electron chi connectivity index (χ1n) is 9.05. The molecule has 0 saturated heterocycles. The minimum Gasteiger partial charge on any atom is -0.351 e. The van der Waals surface area contributed by atoms with Crippen molar-refractivity contribution in [1.29, 1.82) is 0 Å². The van der Waals surface area contributed by atoms with Crippen molar-refractivity contribution in [3.05, 3.63) is 64.2 Å². The van der Waals surface area contributed by atoms with Crippen LogP contribution in [-0.2, 0) is 9.59 Å². The van der Waals surface area contributed by atoms with Gasteiger partial charge in [0, 0.05) is 24.7 Å². The summed E-state index contributed by atoms with van der Waals surface area (Å²) in [6, 6.07) is 6.51. The van der Waals surface area contributed by atoms with Gasteiger partial charge in [-0.2, -0.15) is 0 Å². The van der Waals surface area contributed by atoms with Crippen molar-refractivity contribution in [3.63, 3.8) is 0 Å². The van der Waals surface area contributed by atoms with Crippen molar-refractivity contribution >= 4 is 23.4 Å². The third-order valence-electron chi connectivity index (χ3n) is 4.20. The lowest BCUT2D eigenvalue weighted by Gasteiger charge is -2.13. The van der Waals surface area contributed by atoms with Crippen LogP contribution in [0, 0.1) is 32.4 Å². The van der Waals surface area contributed by atoms with Gasteiger partial charge in [0.25, 0.3) is 5.91 Å². The van der Waals surface area contributed by atoms with Gasteiger partial charge < -0.3 is 16.0 Å². The Labute approximate surface area is 167 Å². The highest BCUT2D eigenvalue weighted by molar-refractivity contribution is 5.96. The number of amides is 3. The second-order valence-electron chi connectivity index (χ2n) is 6.73. The quantitative estimate of drug-likeness (QED) is 0.664. The van der Waals surface area contributed by atoms with Crippen LogP contribution in [0.4, 0.5) is 14.5 Å². The molecule has 29 heavy (non-hydrogen) atoms. The molecule has 2 aromatic carbocycles. The molecule has 0 saturated carbocycles. The first kappa shape index (κ1) is 22.0. The van der Waals surface area contributed by atoms with Crippen molar-refractivity contribution < 1.29 is 23.2 Å². The van der Waals surface area contributed by atoms with E-state index in [1.54, 1.807) is 0 Å². The van der Waals surface area contributed by atoms with Crippen molar-refractivity contribution in [2.24, 2.45) is 0 Å². The molecule has 0 heterocycles. The van der Waals surface area contributed by atoms with E-state index in [1.807, 2.05) is 32.9 Å². The number of rotatable bonds is 7. The Kier molecular flexibility index (Phi) is 7.41. The van der Waals surface area contributed by atoms with E-state index < -0.39 is 23.4 Å². The van der Waals surface area contributed by atoms with Gasteiger partial charge in [-0.1, -0.05) is 17.7 Å². The van der Waals surface area contributed by atoms with E-state index in [2.05, 4.69) is 16.0 Å². The van der Waals surface area contributed by atoms with Gasteiger partial charge in [0.1, 0.15) is 11.6 Å². The standard InChI is InChI=1S/C21H23F2N3O3/c1-12-8-13(2)20(14(3)9-12)26-19(28)11-25-18(27)6-7-24-21(29)16-5-4-15(22)10-17(16)23/h4-5,8-10H,6-7,11H2,1-3H3,(H,24,29)(H,25,27)(H,26,28). The molecule has 0 aromatic heterocycles. The van der Waals surface area contributed by atoms with Gasteiger partial charge in [-0.15, -0.1) is 0 Å². The Morgan fingerprint density at radius 3 is 2.17 bits per heavy atom. The summed E-state index contributed by atoms with van der Waals surface area (Å²) in [6.45, 7) is 5.47. The van der Waals surface area contributed by atoms with Crippen LogP contribution in [0.5, 0.6) is 0 Å². The normalized spacial score (nSPS) is 10.4. The van der Waals surface area contributed by atoms with Crippen LogP contribution in [0.25, 0.3) is 0 Å². The van der Waals surface area contributed by atoms with Crippen LogP contribution in [0.2, 0.25) is 0 Å². The maximum atomic E-state index is 13.5. The van der Waals surface area contributed by atoms with Crippen LogP contribution in [0.1, 0.15) is 33.5 Å². The zero-order valence-corrected chi connectivity index (χ0v) is 16.5. The predicted molar refractivity (Wildman–Crippen MR) is 106 cm³/mol. The Morgan fingerprint density at radius 2 is 1.55 bits per heavy atom. The zero-order valence-electron chi connectivity index (χ0n) is 16.5. The molecule has 2 rings (SSSR count). The third-order valence-corrected chi connectivity index (χ3v) is 4.20. The number of carbonyl (C=O) groups excluding carboxylic acids is 3. The maximum Gasteiger partial charge on any atom is 0.254 e. The second kappa shape index (κ2) is 9.77. The van der Waals surface area contributed by atoms with E-state index in [4.69, 9.17) is 0 Å². The summed E-state index contributed by atoms with van der Waals surface area (Å²) in [5.41, 5.74) is 3.35. The molecule has 6 nitrogen and oxygen atoms in total. The summed E-state index contributed by atoms with van der Waals surface area (Å²) in [7, 11) is 0. The Balaban J connectivity index is 1.75. The number of nitrogens with one attached hydrogen (secondary N) is 3. The fraction of sp³-hybridized carbons (Fsp3) is 0.286. The number of hydrogen-bond acceptors (Lipinski definition) is 3. The minimum atomic E-state index is -0.981. The molecule has 0 bridgehead atoms.